The molecule has 1 saturated heterocycles. The SMILES string of the molecule is O=C(c1sccc1-n1cnnn1)N1CCC(C(=O)O)(c2ccccc2)CC1. The molecule has 138 valence electrons. The molecule has 2 aromatic heterocycles. The number of thiophene rings is 1. The Bertz CT molecular complexity index is 947. The van der Waals surface area contributed by atoms with Crippen LogP contribution in [0.3, 0.4) is 0 Å². The molecule has 27 heavy (non-hydrogen) atoms. The Morgan fingerprint density at radius 3 is 2.48 bits per heavy atom. The van der Waals surface area contributed by atoms with Gasteiger partial charge in [-0.15, -0.1) is 16.4 Å². The average molecular weight is 383 g/mol. The summed E-state index contributed by atoms with van der Waals surface area (Å²) in [7, 11) is 0. The van der Waals surface area contributed by atoms with E-state index in [9.17, 15) is 14.7 Å². The summed E-state index contributed by atoms with van der Waals surface area (Å²) >= 11 is 1.33. The summed E-state index contributed by atoms with van der Waals surface area (Å²) in [5.41, 5.74) is 0.467. The first-order chi connectivity index (χ1) is 13.1. The molecule has 0 bridgehead atoms. The van der Waals surface area contributed by atoms with E-state index in [1.54, 1.807) is 11.0 Å². The van der Waals surface area contributed by atoms with Crippen molar-refractivity contribution in [2.24, 2.45) is 0 Å². The summed E-state index contributed by atoms with van der Waals surface area (Å²) in [6.45, 7) is 0.764. The van der Waals surface area contributed by atoms with Gasteiger partial charge >= 0.3 is 5.97 Å². The van der Waals surface area contributed by atoms with Crippen molar-refractivity contribution in [1.82, 2.24) is 25.1 Å². The van der Waals surface area contributed by atoms with E-state index in [4.69, 9.17) is 0 Å². The van der Waals surface area contributed by atoms with Gasteiger partial charge in [0.1, 0.15) is 11.2 Å². The van der Waals surface area contributed by atoms with Gasteiger partial charge in [0.2, 0.25) is 0 Å². The number of carbonyl (C=O) groups excluding carboxylic acids is 1. The number of likely N-dealkylation sites (tertiary alicyclic amines) is 1. The molecule has 1 fully saturated rings. The molecule has 0 aliphatic carbocycles. The second-order valence-corrected chi connectivity index (χ2v) is 7.35. The summed E-state index contributed by atoms with van der Waals surface area (Å²) in [4.78, 5) is 27.3. The Morgan fingerprint density at radius 1 is 1.11 bits per heavy atom. The number of carboxylic acid groups (broad SMARTS) is 1. The van der Waals surface area contributed by atoms with Gasteiger partial charge in [-0.25, -0.2) is 0 Å². The van der Waals surface area contributed by atoms with E-state index >= 15 is 0 Å². The minimum absolute atomic E-state index is 0.123. The van der Waals surface area contributed by atoms with E-state index in [-0.39, 0.29) is 5.91 Å². The summed E-state index contributed by atoms with van der Waals surface area (Å²) in [6.07, 6.45) is 2.20. The van der Waals surface area contributed by atoms with Crippen LogP contribution in [-0.2, 0) is 10.2 Å². The topological polar surface area (TPSA) is 101 Å². The molecular formula is C18H17N5O3S. The smallest absolute Gasteiger partial charge is 0.314 e. The third-order valence-electron chi connectivity index (χ3n) is 5.07. The molecule has 0 spiro atoms. The molecule has 1 aromatic carbocycles. The third-order valence-corrected chi connectivity index (χ3v) is 5.97. The van der Waals surface area contributed by atoms with Crippen molar-refractivity contribution in [3.63, 3.8) is 0 Å². The van der Waals surface area contributed by atoms with E-state index in [0.29, 0.717) is 36.5 Å². The molecule has 8 nitrogen and oxygen atoms in total. The zero-order valence-electron chi connectivity index (χ0n) is 14.4. The van der Waals surface area contributed by atoms with Crippen molar-refractivity contribution < 1.29 is 14.7 Å². The summed E-state index contributed by atoms with van der Waals surface area (Å²) in [5.74, 6) is -0.964. The van der Waals surface area contributed by atoms with Crippen LogP contribution in [0.5, 0.6) is 0 Å². The molecule has 3 heterocycles. The second-order valence-electron chi connectivity index (χ2n) is 6.43. The lowest BCUT2D eigenvalue weighted by Gasteiger charge is -2.39. The number of carboxylic acids is 1. The number of aliphatic carboxylic acids is 1. The van der Waals surface area contributed by atoms with Gasteiger partial charge in [-0.3, -0.25) is 9.59 Å². The zero-order chi connectivity index (χ0) is 18.9. The Hall–Kier alpha value is -3.07. The van der Waals surface area contributed by atoms with Crippen LogP contribution in [0.1, 0.15) is 28.1 Å². The quantitative estimate of drug-likeness (QED) is 0.739. The minimum Gasteiger partial charge on any atom is -0.481 e. The molecule has 3 aromatic rings. The van der Waals surface area contributed by atoms with Crippen molar-refractivity contribution in [1.29, 1.82) is 0 Å². The van der Waals surface area contributed by atoms with Crippen LogP contribution in [-0.4, -0.2) is 55.2 Å². The van der Waals surface area contributed by atoms with Crippen LogP contribution in [0.15, 0.2) is 48.1 Å². The highest BCUT2D eigenvalue weighted by Gasteiger charge is 2.44. The number of benzene rings is 1. The fourth-order valence-corrected chi connectivity index (χ4v) is 4.38. The number of aromatic nitrogens is 4. The second kappa shape index (κ2) is 6.92. The average Bonchev–Trinajstić information content (AvgIpc) is 3.39. The highest BCUT2D eigenvalue weighted by Crippen LogP contribution is 2.36. The molecular weight excluding hydrogens is 366 g/mol. The molecule has 0 atom stereocenters. The molecule has 1 amide bonds. The van der Waals surface area contributed by atoms with Gasteiger partial charge < -0.3 is 10.0 Å². The van der Waals surface area contributed by atoms with Crippen LogP contribution in [0.25, 0.3) is 5.69 Å². The Kier molecular flexibility index (Phi) is 4.44. The predicted octanol–water partition coefficient (Wildman–Crippen LogP) is 1.98. The normalized spacial score (nSPS) is 16.2. The number of hydrogen-bond donors (Lipinski definition) is 1. The molecule has 0 radical (unpaired) electrons. The maximum absolute atomic E-state index is 13.0. The first kappa shape index (κ1) is 17.3. The standard InChI is InChI=1S/C18H17N5O3S/c24-16(15-14(6-11-27-15)23-12-19-20-21-23)22-9-7-18(8-10-22,17(25)26)13-4-2-1-3-5-13/h1-6,11-12H,7-10H2,(H,25,26). The zero-order valence-corrected chi connectivity index (χ0v) is 15.2. The molecule has 1 N–H and O–H groups in total. The first-order valence-electron chi connectivity index (χ1n) is 8.51. The molecule has 0 saturated carbocycles. The molecule has 0 unspecified atom stereocenters. The maximum atomic E-state index is 13.0. The number of nitrogens with zero attached hydrogens (tertiary/aromatic N) is 5. The third kappa shape index (κ3) is 2.99. The molecule has 1 aliphatic heterocycles. The van der Waals surface area contributed by atoms with E-state index < -0.39 is 11.4 Å². The number of amides is 1. The fourth-order valence-electron chi connectivity index (χ4n) is 3.53. The molecule has 4 rings (SSSR count). The lowest BCUT2D eigenvalue weighted by atomic mass is 9.73. The van der Waals surface area contributed by atoms with E-state index in [1.165, 1.54) is 22.3 Å². The molecule has 9 heteroatoms. The van der Waals surface area contributed by atoms with Crippen LogP contribution >= 0.6 is 11.3 Å². The van der Waals surface area contributed by atoms with Gasteiger partial charge in [0.25, 0.3) is 5.91 Å². The van der Waals surface area contributed by atoms with Crippen LogP contribution in [0, 0.1) is 0 Å². The van der Waals surface area contributed by atoms with E-state index in [1.807, 2.05) is 35.7 Å². The summed E-state index contributed by atoms with van der Waals surface area (Å²) in [5, 5.41) is 22.8. The van der Waals surface area contributed by atoms with Crippen molar-refractivity contribution in [3.8, 4) is 5.69 Å². The number of piperidine rings is 1. The predicted molar refractivity (Wildman–Crippen MR) is 97.9 cm³/mol. The van der Waals surface area contributed by atoms with Crippen molar-refractivity contribution in [3.05, 3.63) is 58.5 Å². The van der Waals surface area contributed by atoms with E-state index in [0.717, 1.165) is 5.56 Å². The fraction of sp³-hybridized carbons (Fsp3) is 0.278. The molecule has 1 aliphatic rings. The van der Waals surface area contributed by atoms with Crippen molar-refractivity contribution >= 4 is 23.2 Å². The largest absolute Gasteiger partial charge is 0.481 e. The van der Waals surface area contributed by atoms with Gasteiger partial charge in [0.15, 0.2) is 0 Å². The van der Waals surface area contributed by atoms with Gasteiger partial charge in [0, 0.05) is 13.1 Å². The minimum atomic E-state index is -0.952. The lowest BCUT2D eigenvalue weighted by Crippen LogP contribution is -2.49. The lowest BCUT2D eigenvalue weighted by molar-refractivity contribution is -0.145. The maximum Gasteiger partial charge on any atom is 0.314 e. The summed E-state index contributed by atoms with van der Waals surface area (Å²) in [6, 6.07) is 11.1. The van der Waals surface area contributed by atoms with Gasteiger partial charge in [0.05, 0.1) is 11.1 Å². The number of carbonyl (C=O) groups is 2. The Labute approximate surface area is 159 Å². The van der Waals surface area contributed by atoms with Crippen molar-refractivity contribution in [2.75, 3.05) is 13.1 Å². The number of tetrazole rings is 1. The monoisotopic (exact) mass is 383 g/mol. The van der Waals surface area contributed by atoms with E-state index in [2.05, 4.69) is 15.5 Å². The summed E-state index contributed by atoms with van der Waals surface area (Å²) < 4.78 is 1.46. The van der Waals surface area contributed by atoms with Gasteiger partial charge in [-0.05, 0) is 40.3 Å². The number of hydrogen-bond acceptors (Lipinski definition) is 6. The van der Waals surface area contributed by atoms with Crippen molar-refractivity contribution in [2.45, 2.75) is 18.3 Å². The Balaban J connectivity index is 1.55. The van der Waals surface area contributed by atoms with Crippen LogP contribution in [0.2, 0.25) is 0 Å². The van der Waals surface area contributed by atoms with Gasteiger partial charge in [-0.1, -0.05) is 30.3 Å². The van der Waals surface area contributed by atoms with Gasteiger partial charge in [-0.2, -0.15) is 4.68 Å². The first-order valence-corrected chi connectivity index (χ1v) is 9.39. The Morgan fingerprint density at radius 2 is 1.85 bits per heavy atom. The van der Waals surface area contributed by atoms with Crippen LogP contribution < -0.4 is 0 Å². The van der Waals surface area contributed by atoms with Crippen LogP contribution in [0.4, 0.5) is 0 Å². The highest BCUT2D eigenvalue weighted by atomic mass is 32.1. The highest BCUT2D eigenvalue weighted by molar-refractivity contribution is 7.12. The number of rotatable bonds is 4.